The maximum Gasteiger partial charge on any atom is 0.573 e. The molecule has 2 aromatic carbocycles. The van der Waals surface area contributed by atoms with Crippen molar-refractivity contribution in [2.24, 2.45) is 0 Å². The molecule has 2 aromatic rings. The summed E-state index contributed by atoms with van der Waals surface area (Å²) in [6, 6.07) is 11.3. The van der Waals surface area contributed by atoms with Crippen LogP contribution in [0.5, 0.6) is 5.75 Å². The standard InChI is InChI=1S/C16H15F3N2OS/c1-10-5-3-6-11(2)14(10)21-15(23)20-12-7-4-8-13(9-12)22-16(17,18)19/h3-9H,1-2H3,(H2,20,21,23). The van der Waals surface area contributed by atoms with Crippen molar-refractivity contribution in [1.82, 2.24) is 0 Å². The van der Waals surface area contributed by atoms with E-state index in [1.165, 1.54) is 18.2 Å². The van der Waals surface area contributed by atoms with Crippen LogP contribution in [0.25, 0.3) is 0 Å². The minimum absolute atomic E-state index is 0.284. The molecule has 0 heterocycles. The average molecular weight is 340 g/mol. The second-order valence-electron chi connectivity index (χ2n) is 4.92. The molecule has 0 aliphatic heterocycles. The molecule has 0 fully saturated rings. The first-order chi connectivity index (χ1) is 10.7. The fourth-order valence-electron chi connectivity index (χ4n) is 2.06. The van der Waals surface area contributed by atoms with Crippen LogP contribution >= 0.6 is 12.2 Å². The number of anilines is 2. The number of benzene rings is 2. The predicted molar refractivity (Wildman–Crippen MR) is 88.9 cm³/mol. The molecule has 0 aromatic heterocycles. The van der Waals surface area contributed by atoms with E-state index in [0.29, 0.717) is 5.69 Å². The molecule has 7 heteroatoms. The first kappa shape index (κ1) is 17.1. The first-order valence-electron chi connectivity index (χ1n) is 6.74. The number of aryl methyl sites for hydroxylation is 2. The van der Waals surface area contributed by atoms with Gasteiger partial charge in [-0.1, -0.05) is 24.3 Å². The van der Waals surface area contributed by atoms with Gasteiger partial charge in [0, 0.05) is 17.4 Å². The molecule has 0 bridgehead atoms. The molecule has 0 radical (unpaired) electrons. The summed E-state index contributed by atoms with van der Waals surface area (Å²) in [7, 11) is 0. The lowest BCUT2D eigenvalue weighted by atomic mass is 10.1. The Balaban J connectivity index is 2.07. The van der Waals surface area contributed by atoms with Gasteiger partial charge in [0.25, 0.3) is 0 Å². The Morgan fingerprint density at radius 1 is 1.00 bits per heavy atom. The van der Waals surface area contributed by atoms with Gasteiger partial charge in [0.2, 0.25) is 0 Å². The van der Waals surface area contributed by atoms with Gasteiger partial charge >= 0.3 is 6.36 Å². The van der Waals surface area contributed by atoms with Crippen LogP contribution in [0.15, 0.2) is 42.5 Å². The summed E-state index contributed by atoms with van der Waals surface area (Å²) >= 11 is 5.20. The molecular formula is C16H15F3N2OS. The Labute approximate surface area is 137 Å². The third-order valence-corrected chi connectivity index (χ3v) is 3.25. The van der Waals surface area contributed by atoms with E-state index >= 15 is 0 Å². The Hall–Kier alpha value is -2.28. The maximum absolute atomic E-state index is 12.2. The van der Waals surface area contributed by atoms with E-state index in [9.17, 15) is 13.2 Å². The molecular weight excluding hydrogens is 325 g/mol. The summed E-state index contributed by atoms with van der Waals surface area (Å²) in [4.78, 5) is 0. The monoisotopic (exact) mass is 340 g/mol. The minimum Gasteiger partial charge on any atom is -0.406 e. The molecule has 2 N–H and O–H groups in total. The van der Waals surface area contributed by atoms with Crippen LogP contribution in [0, 0.1) is 13.8 Å². The first-order valence-corrected chi connectivity index (χ1v) is 7.15. The molecule has 0 aliphatic rings. The number of alkyl halides is 3. The molecule has 0 saturated heterocycles. The Kier molecular flexibility index (Phi) is 5.10. The van der Waals surface area contributed by atoms with Gasteiger partial charge in [0.05, 0.1) is 0 Å². The van der Waals surface area contributed by atoms with Crippen LogP contribution < -0.4 is 15.4 Å². The molecule has 0 aliphatic carbocycles. The summed E-state index contributed by atoms with van der Waals surface area (Å²) in [6.07, 6.45) is -4.73. The van der Waals surface area contributed by atoms with Gasteiger partial charge in [0.1, 0.15) is 5.75 Å². The van der Waals surface area contributed by atoms with Gasteiger partial charge in [0.15, 0.2) is 5.11 Å². The van der Waals surface area contributed by atoms with Gasteiger partial charge in [-0.05, 0) is 49.3 Å². The summed E-state index contributed by atoms with van der Waals surface area (Å²) in [6.45, 7) is 3.88. The lowest BCUT2D eigenvalue weighted by molar-refractivity contribution is -0.274. The molecule has 23 heavy (non-hydrogen) atoms. The highest BCUT2D eigenvalue weighted by molar-refractivity contribution is 7.80. The van der Waals surface area contributed by atoms with Crippen LogP contribution in [0.3, 0.4) is 0 Å². The van der Waals surface area contributed by atoms with Crippen LogP contribution in [0.1, 0.15) is 11.1 Å². The van der Waals surface area contributed by atoms with E-state index in [1.807, 2.05) is 32.0 Å². The zero-order chi connectivity index (χ0) is 17.0. The molecule has 0 unspecified atom stereocenters. The van der Waals surface area contributed by atoms with E-state index in [1.54, 1.807) is 6.07 Å². The number of hydrogen-bond acceptors (Lipinski definition) is 2. The van der Waals surface area contributed by atoms with Crippen LogP contribution in [-0.2, 0) is 0 Å². The Morgan fingerprint density at radius 2 is 1.61 bits per heavy atom. The molecule has 3 nitrogen and oxygen atoms in total. The number of halogens is 3. The van der Waals surface area contributed by atoms with E-state index in [2.05, 4.69) is 15.4 Å². The molecule has 0 saturated carbocycles. The number of rotatable bonds is 3. The molecule has 122 valence electrons. The minimum atomic E-state index is -4.73. The summed E-state index contributed by atoms with van der Waals surface area (Å²) < 4.78 is 40.6. The van der Waals surface area contributed by atoms with Gasteiger partial charge in [-0.2, -0.15) is 0 Å². The average Bonchev–Trinajstić information content (AvgIpc) is 2.41. The van der Waals surface area contributed by atoms with E-state index in [0.717, 1.165) is 16.8 Å². The molecule has 2 rings (SSSR count). The second-order valence-corrected chi connectivity index (χ2v) is 5.33. The van der Waals surface area contributed by atoms with Gasteiger partial charge in [-0.3, -0.25) is 0 Å². The topological polar surface area (TPSA) is 33.3 Å². The fraction of sp³-hybridized carbons (Fsp3) is 0.188. The van der Waals surface area contributed by atoms with E-state index in [-0.39, 0.29) is 10.9 Å². The van der Waals surface area contributed by atoms with Crippen molar-refractivity contribution in [1.29, 1.82) is 0 Å². The SMILES string of the molecule is Cc1cccc(C)c1NC(=S)Nc1cccc(OC(F)(F)F)c1. The number of para-hydroxylation sites is 1. The lowest BCUT2D eigenvalue weighted by Crippen LogP contribution is -2.20. The van der Waals surface area contributed by atoms with Crippen molar-refractivity contribution in [2.45, 2.75) is 20.2 Å². The normalized spacial score (nSPS) is 11.0. The van der Waals surface area contributed by atoms with Crippen molar-refractivity contribution in [3.8, 4) is 5.75 Å². The number of hydrogen-bond donors (Lipinski definition) is 2. The van der Waals surface area contributed by atoms with Crippen molar-refractivity contribution in [3.05, 3.63) is 53.6 Å². The van der Waals surface area contributed by atoms with Crippen LogP contribution in [0.2, 0.25) is 0 Å². The highest BCUT2D eigenvalue weighted by Crippen LogP contribution is 2.25. The second kappa shape index (κ2) is 6.87. The number of thiocarbonyl (C=S) groups is 1. The van der Waals surface area contributed by atoms with Crippen molar-refractivity contribution < 1.29 is 17.9 Å². The van der Waals surface area contributed by atoms with E-state index in [4.69, 9.17) is 12.2 Å². The lowest BCUT2D eigenvalue weighted by Gasteiger charge is -2.15. The summed E-state index contributed by atoms with van der Waals surface area (Å²) in [5, 5.41) is 6.18. The zero-order valence-electron chi connectivity index (χ0n) is 12.5. The summed E-state index contributed by atoms with van der Waals surface area (Å²) in [5.41, 5.74) is 3.30. The van der Waals surface area contributed by atoms with Crippen molar-refractivity contribution in [2.75, 3.05) is 10.6 Å². The van der Waals surface area contributed by atoms with Crippen molar-refractivity contribution >= 4 is 28.7 Å². The Morgan fingerprint density at radius 3 is 2.22 bits per heavy atom. The van der Waals surface area contributed by atoms with E-state index < -0.39 is 6.36 Å². The smallest absolute Gasteiger partial charge is 0.406 e. The van der Waals surface area contributed by atoms with Crippen LogP contribution in [0.4, 0.5) is 24.5 Å². The highest BCUT2D eigenvalue weighted by atomic mass is 32.1. The zero-order valence-corrected chi connectivity index (χ0v) is 13.3. The van der Waals surface area contributed by atoms with Gasteiger partial charge in [-0.25, -0.2) is 0 Å². The Bertz CT molecular complexity index is 696. The third kappa shape index (κ3) is 5.14. The summed E-state index contributed by atoms with van der Waals surface area (Å²) in [5.74, 6) is -0.308. The number of nitrogens with one attached hydrogen (secondary N) is 2. The molecule has 0 spiro atoms. The maximum atomic E-state index is 12.2. The number of ether oxygens (including phenoxy) is 1. The molecule has 0 amide bonds. The van der Waals surface area contributed by atoms with Gasteiger partial charge < -0.3 is 15.4 Å². The molecule has 0 atom stereocenters. The van der Waals surface area contributed by atoms with Gasteiger partial charge in [-0.15, -0.1) is 13.2 Å². The van der Waals surface area contributed by atoms with Crippen LogP contribution in [-0.4, -0.2) is 11.5 Å². The predicted octanol–water partition coefficient (Wildman–Crippen LogP) is 5.01. The van der Waals surface area contributed by atoms with Crippen molar-refractivity contribution in [3.63, 3.8) is 0 Å². The highest BCUT2D eigenvalue weighted by Gasteiger charge is 2.31. The third-order valence-electron chi connectivity index (χ3n) is 3.05. The fourth-order valence-corrected chi connectivity index (χ4v) is 2.28. The largest absolute Gasteiger partial charge is 0.573 e. The quantitative estimate of drug-likeness (QED) is 0.770.